The second kappa shape index (κ2) is 5.05. The minimum Gasteiger partial charge on any atom is -0.496 e. The Labute approximate surface area is 114 Å². The van der Waals surface area contributed by atoms with Crippen LogP contribution in [0, 0.1) is 20.8 Å². The zero-order valence-corrected chi connectivity index (χ0v) is 12.2. The summed E-state index contributed by atoms with van der Waals surface area (Å²) in [5.74, 6) is 0.941. The van der Waals surface area contributed by atoms with Crippen LogP contribution >= 0.6 is 0 Å². The lowest BCUT2D eigenvalue weighted by Crippen LogP contribution is -2.05. The number of benzene rings is 1. The van der Waals surface area contributed by atoms with Crippen LogP contribution < -0.4 is 10.5 Å². The van der Waals surface area contributed by atoms with Gasteiger partial charge in [0.15, 0.2) is 0 Å². The van der Waals surface area contributed by atoms with Gasteiger partial charge >= 0.3 is 0 Å². The van der Waals surface area contributed by atoms with Crippen LogP contribution in [0.1, 0.15) is 22.4 Å². The van der Waals surface area contributed by atoms with Crippen molar-refractivity contribution in [2.45, 2.75) is 27.3 Å². The Morgan fingerprint density at radius 3 is 2.21 bits per heavy atom. The van der Waals surface area contributed by atoms with E-state index in [4.69, 9.17) is 10.5 Å². The molecule has 0 saturated heterocycles. The normalized spacial score (nSPS) is 10.8. The third kappa shape index (κ3) is 2.24. The smallest absolute Gasteiger partial charge is 0.124 e. The fraction of sp³-hybridized carbons (Fsp3) is 0.400. The first kappa shape index (κ1) is 13.6. The minimum absolute atomic E-state index is 0.503. The van der Waals surface area contributed by atoms with Gasteiger partial charge in [0.25, 0.3) is 0 Å². The van der Waals surface area contributed by atoms with E-state index in [2.05, 4.69) is 38.0 Å². The highest BCUT2D eigenvalue weighted by Crippen LogP contribution is 2.31. The summed E-state index contributed by atoms with van der Waals surface area (Å²) in [6, 6.07) is 4.23. The van der Waals surface area contributed by atoms with Gasteiger partial charge in [-0.1, -0.05) is 0 Å². The van der Waals surface area contributed by atoms with Crippen LogP contribution in [0.4, 0.5) is 0 Å². The number of rotatable bonds is 3. The fourth-order valence-electron chi connectivity index (χ4n) is 2.63. The third-order valence-corrected chi connectivity index (χ3v) is 3.56. The molecule has 0 amide bonds. The zero-order chi connectivity index (χ0) is 14.2. The van der Waals surface area contributed by atoms with Gasteiger partial charge in [0.1, 0.15) is 5.75 Å². The summed E-state index contributed by atoms with van der Waals surface area (Å²) in [4.78, 5) is 0. The number of nitrogens with two attached hydrogens (primary N) is 1. The maximum Gasteiger partial charge on any atom is 0.124 e. The summed E-state index contributed by atoms with van der Waals surface area (Å²) in [6.45, 7) is 6.68. The molecule has 102 valence electrons. The molecule has 1 heterocycles. The molecule has 4 nitrogen and oxygen atoms in total. The first-order valence-electron chi connectivity index (χ1n) is 6.37. The van der Waals surface area contributed by atoms with Gasteiger partial charge in [-0.2, -0.15) is 5.10 Å². The highest BCUT2D eigenvalue weighted by atomic mass is 16.5. The molecule has 0 atom stereocenters. The maximum atomic E-state index is 5.77. The van der Waals surface area contributed by atoms with Crippen molar-refractivity contribution in [3.8, 4) is 17.0 Å². The summed E-state index contributed by atoms with van der Waals surface area (Å²) < 4.78 is 7.26. The van der Waals surface area contributed by atoms with E-state index in [1.807, 2.05) is 11.7 Å². The summed E-state index contributed by atoms with van der Waals surface area (Å²) in [7, 11) is 3.63. The Hall–Kier alpha value is -1.81. The van der Waals surface area contributed by atoms with Gasteiger partial charge in [-0.3, -0.25) is 4.68 Å². The first-order valence-corrected chi connectivity index (χ1v) is 6.37. The molecule has 1 aromatic heterocycles. The largest absolute Gasteiger partial charge is 0.496 e. The Bertz CT molecular complexity index is 591. The molecule has 1 aromatic carbocycles. The van der Waals surface area contributed by atoms with Crippen LogP contribution in [0.2, 0.25) is 0 Å². The molecule has 2 N–H and O–H groups in total. The average Bonchev–Trinajstić information content (AvgIpc) is 2.64. The van der Waals surface area contributed by atoms with E-state index in [-0.39, 0.29) is 0 Å². The molecule has 0 radical (unpaired) electrons. The lowest BCUT2D eigenvalue weighted by molar-refractivity contribution is 0.408. The van der Waals surface area contributed by atoms with Crippen molar-refractivity contribution >= 4 is 0 Å². The van der Waals surface area contributed by atoms with Crippen molar-refractivity contribution < 1.29 is 4.74 Å². The average molecular weight is 259 g/mol. The molecule has 0 fully saturated rings. The fourth-order valence-corrected chi connectivity index (χ4v) is 2.63. The van der Waals surface area contributed by atoms with E-state index >= 15 is 0 Å². The molecule has 0 spiro atoms. The Kier molecular flexibility index (Phi) is 3.62. The van der Waals surface area contributed by atoms with Crippen LogP contribution in [-0.4, -0.2) is 16.9 Å². The van der Waals surface area contributed by atoms with Crippen LogP contribution in [0.5, 0.6) is 5.75 Å². The molecule has 2 aromatic rings. The van der Waals surface area contributed by atoms with Crippen molar-refractivity contribution in [3.05, 3.63) is 34.5 Å². The predicted octanol–water partition coefficient (Wildman–Crippen LogP) is 2.48. The standard InChI is InChI=1S/C15H21N3O/c1-9-6-12(7-10(2)15(9)19-5)14-11(3)13(8-16)18(4)17-14/h6-7H,8,16H2,1-5H3. The predicted molar refractivity (Wildman–Crippen MR) is 77.3 cm³/mol. The number of nitrogens with zero attached hydrogens (tertiary/aromatic N) is 2. The second-order valence-corrected chi connectivity index (χ2v) is 4.89. The van der Waals surface area contributed by atoms with Crippen molar-refractivity contribution in [1.29, 1.82) is 0 Å². The molecule has 0 aliphatic carbocycles. The molecule has 4 heteroatoms. The molecular formula is C15H21N3O. The quantitative estimate of drug-likeness (QED) is 0.921. The summed E-state index contributed by atoms with van der Waals surface area (Å²) in [5.41, 5.74) is 12.3. The van der Waals surface area contributed by atoms with Crippen LogP contribution in [0.15, 0.2) is 12.1 Å². The van der Waals surface area contributed by atoms with E-state index in [0.29, 0.717) is 6.54 Å². The molecular weight excluding hydrogens is 238 g/mol. The van der Waals surface area contributed by atoms with E-state index in [1.54, 1.807) is 7.11 Å². The van der Waals surface area contributed by atoms with E-state index in [0.717, 1.165) is 39.4 Å². The van der Waals surface area contributed by atoms with Crippen molar-refractivity contribution in [2.75, 3.05) is 7.11 Å². The SMILES string of the molecule is COc1c(C)cc(-c2nn(C)c(CN)c2C)cc1C. The molecule has 0 aliphatic rings. The second-order valence-electron chi connectivity index (χ2n) is 4.89. The number of methoxy groups -OCH3 is 1. The van der Waals surface area contributed by atoms with Crippen molar-refractivity contribution in [3.63, 3.8) is 0 Å². The molecule has 19 heavy (non-hydrogen) atoms. The van der Waals surface area contributed by atoms with Crippen molar-refractivity contribution in [1.82, 2.24) is 9.78 Å². The number of hydrogen-bond donors (Lipinski definition) is 1. The number of hydrogen-bond acceptors (Lipinski definition) is 3. The highest BCUT2D eigenvalue weighted by Gasteiger charge is 2.15. The highest BCUT2D eigenvalue weighted by molar-refractivity contribution is 5.67. The van der Waals surface area contributed by atoms with E-state index < -0.39 is 0 Å². The zero-order valence-electron chi connectivity index (χ0n) is 12.2. The topological polar surface area (TPSA) is 53.1 Å². The van der Waals surface area contributed by atoms with E-state index in [1.165, 1.54) is 0 Å². The van der Waals surface area contributed by atoms with Gasteiger partial charge < -0.3 is 10.5 Å². The lowest BCUT2D eigenvalue weighted by atomic mass is 10.0. The molecule has 2 rings (SSSR count). The molecule has 0 aliphatic heterocycles. The molecule has 0 unspecified atom stereocenters. The number of ether oxygens (including phenoxy) is 1. The minimum atomic E-state index is 0.503. The number of aromatic nitrogens is 2. The van der Waals surface area contributed by atoms with Gasteiger partial charge in [0.05, 0.1) is 18.5 Å². The molecule has 0 saturated carbocycles. The van der Waals surface area contributed by atoms with Gasteiger partial charge in [0, 0.05) is 19.2 Å². The number of aryl methyl sites for hydroxylation is 3. The monoisotopic (exact) mass is 259 g/mol. The summed E-state index contributed by atoms with van der Waals surface area (Å²) in [5, 5.41) is 4.58. The van der Waals surface area contributed by atoms with Gasteiger partial charge in [0.2, 0.25) is 0 Å². The lowest BCUT2D eigenvalue weighted by Gasteiger charge is -2.10. The third-order valence-electron chi connectivity index (χ3n) is 3.56. The van der Waals surface area contributed by atoms with Gasteiger partial charge in [-0.25, -0.2) is 0 Å². The van der Waals surface area contributed by atoms with Crippen LogP contribution in [0.3, 0.4) is 0 Å². The van der Waals surface area contributed by atoms with Gasteiger partial charge in [-0.05, 0) is 49.6 Å². The van der Waals surface area contributed by atoms with Crippen LogP contribution in [0.25, 0.3) is 11.3 Å². The Balaban J connectivity index is 2.60. The van der Waals surface area contributed by atoms with E-state index in [9.17, 15) is 0 Å². The Morgan fingerprint density at radius 1 is 1.21 bits per heavy atom. The van der Waals surface area contributed by atoms with Crippen LogP contribution in [-0.2, 0) is 13.6 Å². The summed E-state index contributed by atoms with van der Waals surface area (Å²) in [6.07, 6.45) is 0. The maximum absolute atomic E-state index is 5.77. The van der Waals surface area contributed by atoms with Gasteiger partial charge in [-0.15, -0.1) is 0 Å². The Morgan fingerprint density at radius 2 is 1.79 bits per heavy atom. The molecule has 0 bridgehead atoms. The summed E-state index contributed by atoms with van der Waals surface area (Å²) >= 11 is 0. The first-order chi connectivity index (χ1) is 8.99. The van der Waals surface area contributed by atoms with Crippen molar-refractivity contribution in [2.24, 2.45) is 12.8 Å².